The van der Waals surface area contributed by atoms with Crippen molar-refractivity contribution in [1.82, 2.24) is 0 Å². The molecule has 2 aromatic rings. The van der Waals surface area contributed by atoms with E-state index in [9.17, 15) is 21.6 Å². The van der Waals surface area contributed by atoms with Crippen LogP contribution in [0.5, 0.6) is 0 Å². The zero-order valence-corrected chi connectivity index (χ0v) is 15.3. The maximum absolute atomic E-state index is 13.0. The molecule has 0 heterocycles. The van der Waals surface area contributed by atoms with E-state index in [0.717, 1.165) is 0 Å². The number of halogens is 4. The van der Waals surface area contributed by atoms with Gasteiger partial charge >= 0.3 is 15.6 Å². The molecule has 0 saturated heterocycles. The van der Waals surface area contributed by atoms with Crippen molar-refractivity contribution in [3.63, 3.8) is 0 Å². The molecule has 25 heavy (non-hydrogen) atoms. The van der Waals surface area contributed by atoms with E-state index in [1.807, 2.05) is 0 Å². The molecule has 0 fully saturated rings. The van der Waals surface area contributed by atoms with Gasteiger partial charge < -0.3 is 0 Å². The largest absolute Gasteiger partial charge is 0.523 e. The van der Waals surface area contributed by atoms with Crippen LogP contribution >= 0.6 is 21.9 Å². The molecular weight excluding hydrogens is 397 g/mol. The fourth-order valence-electron chi connectivity index (χ4n) is 2.21. The van der Waals surface area contributed by atoms with Gasteiger partial charge in [0.05, 0.1) is 0 Å². The average Bonchev–Trinajstić information content (AvgIpc) is 2.59. The molecule has 138 valence electrons. The minimum absolute atomic E-state index is 0.0554. The van der Waals surface area contributed by atoms with Crippen LogP contribution in [0.3, 0.4) is 0 Å². The second-order valence-electron chi connectivity index (χ2n) is 5.02. The standard InChI is InChI=1S/C16H16ClF3O3S2/c17-12-7-13-24(14-8-3-1-4-9-14,15-10-5-2-6-11-15)23-25(21,22)16(18,19)20/h1-6,8-11H,7,12-13H2. The Balaban J connectivity index is 2.68. The van der Waals surface area contributed by atoms with Gasteiger partial charge in [-0.15, -0.1) is 11.6 Å². The lowest BCUT2D eigenvalue weighted by atomic mass is 10.4. The van der Waals surface area contributed by atoms with Gasteiger partial charge in [0.25, 0.3) is 0 Å². The summed E-state index contributed by atoms with van der Waals surface area (Å²) in [7, 11) is -8.74. The summed E-state index contributed by atoms with van der Waals surface area (Å²) >= 11 is 5.73. The molecular formula is C16H16ClF3O3S2. The predicted octanol–water partition coefficient (Wildman–Crippen LogP) is 5.32. The Morgan fingerprint density at radius 1 is 0.880 bits per heavy atom. The van der Waals surface area contributed by atoms with Crippen molar-refractivity contribution in [3.05, 3.63) is 60.7 Å². The van der Waals surface area contributed by atoms with Crippen LogP contribution in [0.2, 0.25) is 0 Å². The van der Waals surface area contributed by atoms with E-state index in [0.29, 0.717) is 16.2 Å². The summed E-state index contributed by atoms with van der Waals surface area (Å²) < 4.78 is 67.5. The Kier molecular flexibility index (Phi) is 6.42. The monoisotopic (exact) mass is 412 g/mol. The van der Waals surface area contributed by atoms with E-state index < -0.39 is 25.9 Å². The average molecular weight is 413 g/mol. The highest BCUT2D eigenvalue weighted by Gasteiger charge is 2.51. The minimum Gasteiger partial charge on any atom is -0.204 e. The van der Waals surface area contributed by atoms with Crippen molar-refractivity contribution in [2.75, 3.05) is 11.6 Å². The Hall–Kier alpha value is -1.22. The van der Waals surface area contributed by atoms with Crippen LogP contribution < -0.4 is 0 Å². The fraction of sp³-hybridized carbons (Fsp3) is 0.250. The molecule has 0 amide bonds. The van der Waals surface area contributed by atoms with Gasteiger partial charge in [-0.1, -0.05) is 46.7 Å². The van der Waals surface area contributed by atoms with Gasteiger partial charge in [0.2, 0.25) is 0 Å². The smallest absolute Gasteiger partial charge is 0.204 e. The zero-order valence-electron chi connectivity index (χ0n) is 12.9. The van der Waals surface area contributed by atoms with Gasteiger partial charge in [-0.3, -0.25) is 0 Å². The molecule has 0 N–H and O–H groups in total. The molecule has 0 aliphatic rings. The third kappa shape index (κ3) is 4.49. The lowest BCUT2D eigenvalue weighted by molar-refractivity contribution is -0.0496. The quantitative estimate of drug-likeness (QED) is 0.456. The normalized spacial score (nSPS) is 13.6. The molecule has 0 bridgehead atoms. The number of alkyl halides is 4. The van der Waals surface area contributed by atoms with Crippen molar-refractivity contribution >= 4 is 32.0 Å². The van der Waals surface area contributed by atoms with E-state index in [-0.39, 0.29) is 11.6 Å². The molecule has 9 heteroatoms. The van der Waals surface area contributed by atoms with Crippen LogP contribution in [-0.4, -0.2) is 25.6 Å². The lowest BCUT2D eigenvalue weighted by Gasteiger charge is -2.39. The molecule has 3 nitrogen and oxygen atoms in total. The second kappa shape index (κ2) is 7.99. The molecule has 0 unspecified atom stereocenters. The van der Waals surface area contributed by atoms with Gasteiger partial charge in [-0.25, -0.2) is 3.63 Å². The third-order valence-electron chi connectivity index (χ3n) is 3.30. The third-order valence-corrected chi connectivity index (χ3v) is 8.71. The van der Waals surface area contributed by atoms with Crippen molar-refractivity contribution in [2.45, 2.75) is 21.7 Å². The first-order chi connectivity index (χ1) is 11.7. The van der Waals surface area contributed by atoms with Gasteiger partial charge in [0.1, 0.15) is 0 Å². The van der Waals surface area contributed by atoms with E-state index in [4.69, 9.17) is 15.2 Å². The summed E-state index contributed by atoms with van der Waals surface area (Å²) in [6, 6.07) is 16.2. The maximum Gasteiger partial charge on any atom is 0.523 e. The number of hydrogen-bond donors (Lipinski definition) is 0. The summed E-state index contributed by atoms with van der Waals surface area (Å²) in [4.78, 5) is 0.776. The van der Waals surface area contributed by atoms with Crippen LogP contribution in [0.4, 0.5) is 13.2 Å². The van der Waals surface area contributed by atoms with E-state index in [2.05, 4.69) is 0 Å². The van der Waals surface area contributed by atoms with Crippen molar-refractivity contribution < 1.29 is 25.2 Å². The molecule has 0 aromatic heterocycles. The number of benzene rings is 2. The summed E-state index contributed by atoms with van der Waals surface area (Å²) in [6.45, 7) is 0. The highest BCUT2D eigenvalue weighted by Crippen LogP contribution is 2.65. The van der Waals surface area contributed by atoms with Gasteiger partial charge in [0, 0.05) is 21.4 Å². The predicted molar refractivity (Wildman–Crippen MR) is 93.3 cm³/mol. The summed E-state index contributed by atoms with van der Waals surface area (Å²) in [5.74, 6) is 0.226. The molecule has 0 atom stereocenters. The van der Waals surface area contributed by atoms with E-state index in [1.165, 1.54) is 0 Å². The van der Waals surface area contributed by atoms with Crippen LogP contribution in [0.25, 0.3) is 0 Å². The summed E-state index contributed by atoms with van der Waals surface area (Å²) in [5.41, 5.74) is -5.50. The van der Waals surface area contributed by atoms with Crippen LogP contribution in [0.1, 0.15) is 6.42 Å². The zero-order chi connectivity index (χ0) is 18.6. The SMILES string of the molecule is O=S(=O)(OS(CCCCl)(c1ccccc1)c1ccccc1)C(F)(F)F. The molecule has 2 aromatic carbocycles. The lowest BCUT2D eigenvalue weighted by Crippen LogP contribution is -2.28. The van der Waals surface area contributed by atoms with E-state index in [1.54, 1.807) is 60.7 Å². The first-order valence-corrected chi connectivity index (χ1v) is 10.9. The topological polar surface area (TPSA) is 43.4 Å². The van der Waals surface area contributed by atoms with Crippen molar-refractivity contribution in [2.24, 2.45) is 0 Å². The first-order valence-electron chi connectivity index (χ1n) is 7.22. The molecule has 2 rings (SSSR count). The van der Waals surface area contributed by atoms with E-state index >= 15 is 0 Å². The van der Waals surface area contributed by atoms with Crippen LogP contribution in [-0.2, 0) is 13.7 Å². The molecule has 0 aliphatic carbocycles. The minimum atomic E-state index is -5.79. The Labute approximate surface area is 151 Å². The fourth-order valence-corrected chi connectivity index (χ4v) is 7.43. The summed E-state index contributed by atoms with van der Waals surface area (Å²) in [5, 5.41) is 0. The number of rotatable bonds is 7. The Morgan fingerprint density at radius 2 is 1.32 bits per heavy atom. The maximum atomic E-state index is 13.0. The highest BCUT2D eigenvalue weighted by atomic mass is 35.5. The van der Waals surface area contributed by atoms with Gasteiger partial charge in [-0.05, 0) is 30.7 Å². The first kappa shape index (κ1) is 20.1. The van der Waals surface area contributed by atoms with Gasteiger partial charge in [0.15, 0.2) is 0 Å². The van der Waals surface area contributed by atoms with Gasteiger partial charge in [-0.2, -0.15) is 21.6 Å². The van der Waals surface area contributed by atoms with Crippen LogP contribution in [0.15, 0.2) is 70.5 Å². The Bertz CT molecular complexity index is 742. The molecule has 0 aliphatic heterocycles. The molecule has 0 radical (unpaired) electrons. The summed E-state index contributed by atoms with van der Waals surface area (Å²) in [6.07, 6.45) is 0.300. The molecule has 0 saturated carbocycles. The Morgan fingerprint density at radius 3 is 1.68 bits per heavy atom. The number of hydrogen-bond acceptors (Lipinski definition) is 3. The van der Waals surface area contributed by atoms with Crippen molar-refractivity contribution in [1.29, 1.82) is 0 Å². The highest BCUT2D eigenvalue weighted by molar-refractivity contribution is 8.33. The van der Waals surface area contributed by atoms with Crippen LogP contribution in [0, 0.1) is 0 Å². The molecule has 0 spiro atoms. The second-order valence-corrected chi connectivity index (χ2v) is 10.0. The van der Waals surface area contributed by atoms with Crippen molar-refractivity contribution in [3.8, 4) is 0 Å².